The number of hydrogen-bond donors (Lipinski definition) is 0. The van der Waals surface area contributed by atoms with Crippen molar-refractivity contribution in [3.8, 4) is 11.5 Å². The van der Waals surface area contributed by atoms with Crippen LogP contribution < -0.4 is 0 Å². The maximum absolute atomic E-state index is 13.5. The van der Waals surface area contributed by atoms with Gasteiger partial charge in [0.25, 0.3) is 0 Å². The minimum absolute atomic E-state index is 0.512. The average molecular weight is 348 g/mol. The average Bonchev–Trinajstić information content (AvgIpc) is 3.24. The van der Waals surface area contributed by atoms with Crippen LogP contribution in [-0.2, 0) is 13.1 Å². The standard InChI is InChI=1S/C19H17FN6/c20-16-5-1-3-14(23-16)19-22-9-10-25(19)12-17-24-18-15(4-2-8-21-18)26(17)11-13-6-7-13/h1-5,8-10,13H,6-7,11-12H2. The van der Waals surface area contributed by atoms with Crippen LogP contribution in [-0.4, -0.2) is 29.1 Å². The summed E-state index contributed by atoms with van der Waals surface area (Å²) in [6.45, 7) is 1.50. The largest absolute Gasteiger partial charge is 0.325 e. The van der Waals surface area contributed by atoms with Gasteiger partial charge in [-0.2, -0.15) is 4.39 Å². The highest BCUT2D eigenvalue weighted by molar-refractivity contribution is 5.71. The van der Waals surface area contributed by atoms with Crippen molar-refractivity contribution >= 4 is 11.2 Å². The minimum Gasteiger partial charge on any atom is -0.325 e. The molecule has 0 aromatic carbocycles. The second-order valence-electron chi connectivity index (χ2n) is 6.65. The maximum Gasteiger partial charge on any atom is 0.213 e. The van der Waals surface area contributed by atoms with Gasteiger partial charge in [-0.05, 0) is 43.0 Å². The molecule has 0 bridgehead atoms. The molecule has 1 aliphatic rings. The third-order valence-electron chi connectivity index (χ3n) is 4.71. The van der Waals surface area contributed by atoms with Crippen LogP contribution in [0.3, 0.4) is 0 Å². The normalized spacial score (nSPS) is 14.2. The van der Waals surface area contributed by atoms with Crippen LogP contribution >= 0.6 is 0 Å². The summed E-state index contributed by atoms with van der Waals surface area (Å²) in [6.07, 6.45) is 7.87. The lowest BCUT2D eigenvalue weighted by Gasteiger charge is -2.11. The summed E-state index contributed by atoms with van der Waals surface area (Å²) in [7, 11) is 0. The first-order valence-corrected chi connectivity index (χ1v) is 8.72. The number of halogens is 1. The smallest absolute Gasteiger partial charge is 0.213 e. The number of imidazole rings is 2. The van der Waals surface area contributed by atoms with Gasteiger partial charge in [0.05, 0.1) is 12.1 Å². The topological polar surface area (TPSA) is 61.4 Å². The van der Waals surface area contributed by atoms with Crippen LogP contribution in [0, 0.1) is 11.9 Å². The zero-order valence-electron chi connectivity index (χ0n) is 14.1. The predicted octanol–water partition coefficient (Wildman–Crippen LogP) is 3.29. The van der Waals surface area contributed by atoms with Crippen LogP contribution in [0.1, 0.15) is 18.7 Å². The van der Waals surface area contributed by atoms with E-state index in [1.807, 2.05) is 16.8 Å². The molecule has 0 radical (unpaired) electrons. The molecule has 4 aromatic rings. The van der Waals surface area contributed by atoms with Crippen LogP contribution in [0.2, 0.25) is 0 Å². The van der Waals surface area contributed by atoms with Gasteiger partial charge in [-0.25, -0.2) is 19.9 Å². The number of hydrogen-bond acceptors (Lipinski definition) is 4. The molecule has 5 rings (SSSR count). The summed E-state index contributed by atoms with van der Waals surface area (Å²) in [4.78, 5) is 17.4. The highest BCUT2D eigenvalue weighted by Gasteiger charge is 2.24. The van der Waals surface area contributed by atoms with Gasteiger partial charge >= 0.3 is 0 Å². The third-order valence-corrected chi connectivity index (χ3v) is 4.71. The van der Waals surface area contributed by atoms with Gasteiger partial charge in [0.1, 0.15) is 11.5 Å². The SMILES string of the molecule is Fc1cccc(-c2nccn2Cc2nc3ncccc3n2CC2CC2)n1. The molecular weight excluding hydrogens is 331 g/mol. The zero-order chi connectivity index (χ0) is 17.5. The van der Waals surface area contributed by atoms with Crippen molar-refractivity contribution in [2.24, 2.45) is 5.92 Å². The fourth-order valence-corrected chi connectivity index (χ4v) is 3.25. The molecule has 6 nitrogen and oxygen atoms in total. The Morgan fingerprint density at radius 2 is 1.96 bits per heavy atom. The summed E-state index contributed by atoms with van der Waals surface area (Å²) >= 11 is 0. The quantitative estimate of drug-likeness (QED) is 0.519. The van der Waals surface area contributed by atoms with E-state index in [-0.39, 0.29) is 0 Å². The van der Waals surface area contributed by atoms with Gasteiger partial charge in [-0.3, -0.25) is 0 Å². The molecule has 4 aromatic heterocycles. The lowest BCUT2D eigenvalue weighted by atomic mass is 10.3. The Bertz CT molecular complexity index is 1080. The van der Waals surface area contributed by atoms with Crippen molar-refractivity contribution in [2.45, 2.75) is 25.9 Å². The highest BCUT2D eigenvalue weighted by Crippen LogP contribution is 2.32. The molecule has 0 N–H and O–H groups in total. The second kappa shape index (κ2) is 6.01. The van der Waals surface area contributed by atoms with Crippen molar-refractivity contribution in [3.63, 3.8) is 0 Å². The predicted molar refractivity (Wildman–Crippen MR) is 94.8 cm³/mol. The summed E-state index contributed by atoms with van der Waals surface area (Å²) in [5.74, 6) is 1.77. The number of pyridine rings is 2. The number of fused-ring (bicyclic) bond motifs is 1. The Labute approximate surface area is 149 Å². The molecule has 0 unspecified atom stereocenters. The van der Waals surface area contributed by atoms with E-state index in [4.69, 9.17) is 4.98 Å². The molecular formula is C19H17FN6. The Morgan fingerprint density at radius 3 is 2.81 bits per heavy atom. The molecule has 4 heterocycles. The Hall–Kier alpha value is -3.09. The third kappa shape index (κ3) is 2.75. The fourth-order valence-electron chi connectivity index (χ4n) is 3.25. The van der Waals surface area contributed by atoms with Crippen LogP contribution in [0.4, 0.5) is 4.39 Å². The van der Waals surface area contributed by atoms with Gasteiger partial charge in [0.15, 0.2) is 11.5 Å². The lowest BCUT2D eigenvalue weighted by molar-refractivity contribution is 0.581. The van der Waals surface area contributed by atoms with Crippen molar-refractivity contribution in [1.29, 1.82) is 0 Å². The summed E-state index contributed by atoms with van der Waals surface area (Å²) in [5, 5.41) is 0. The molecule has 0 amide bonds. The lowest BCUT2D eigenvalue weighted by Crippen LogP contribution is -2.11. The molecule has 0 aliphatic heterocycles. The molecule has 0 atom stereocenters. The van der Waals surface area contributed by atoms with Crippen molar-refractivity contribution in [1.82, 2.24) is 29.1 Å². The highest BCUT2D eigenvalue weighted by atomic mass is 19.1. The molecule has 1 fully saturated rings. The van der Waals surface area contributed by atoms with Crippen molar-refractivity contribution < 1.29 is 4.39 Å². The summed E-state index contributed by atoms with van der Waals surface area (Å²) in [5.41, 5.74) is 2.33. The van der Waals surface area contributed by atoms with E-state index in [9.17, 15) is 4.39 Å². The first-order chi connectivity index (χ1) is 12.8. The van der Waals surface area contributed by atoms with Crippen molar-refractivity contribution in [2.75, 3.05) is 0 Å². The molecule has 7 heteroatoms. The first-order valence-electron chi connectivity index (χ1n) is 8.72. The molecule has 26 heavy (non-hydrogen) atoms. The van der Waals surface area contributed by atoms with Crippen LogP contribution in [0.5, 0.6) is 0 Å². The minimum atomic E-state index is -0.512. The second-order valence-corrected chi connectivity index (χ2v) is 6.65. The van der Waals surface area contributed by atoms with Crippen molar-refractivity contribution in [3.05, 3.63) is 60.7 Å². The summed E-state index contributed by atoms with van der Waals surface area (Å²) < 4.78 is 17.7. The van der Waals surface area contributed by atoms with E-state index in [0.29, 0.717) is 18.1 Å². The zero-order valence-corrected chi connectivity index (χ0v) is 14.1. The molecule has 1 saturated carbocycles. The molecule has 0 spiro atoms. The van der Waals surface area contributed by atoms with Gasteiger partial charge in [0, 0.05) is 25.1 Å². The van der Waals surface area contributed by atoms with E-state index >= 15 is 0 Å². The Balaban J connectivity index is 1.55. The number of rotatable bonds is 5. The maximum atomic E-state index is 13.5. The number of aromatic nitrogens is 6. The Morgan fingerprint density at radius 1 is 1.04 bits per heavy atom. The Kier molecular flexibility index (Phi) is 3.51. The molecule has 0 saturated heterocycles. The van der Waals surface area contributed by atoms with E-state index < -0.39 is 5.95 Å². The van der Waals surface area contributed by atoms with Gasteiger partial charge in [-0.1, -0.05) is 6.07 Å². The van der Waals surface area contributed by atoms with Crippen LogP contribution in [0.25, 0.3) is 22.7 Å². The fraction of sp³-hybridized carbons (Fsp3) is 0.263. The van der Waals surface area contributed by atoms with E-state index in [1.54, 1.807) is 24.5 Å². The van der Waals surface area contributed by atoms with Crippen LogP contribution in [0.15, 0.2) is 48.9 Å². The van der Waals surface area contributed by atoms with E-state index in [1.165, 1.54) is 18.9 Å². The number of nitrogens with zero attached hydrogens (tertiary/aromatic N) is 6. The molecule has 1 aliphatic carbocycles. The van der Waals surface area contributed by atoms with E-state index in [0.717, 1.165) is 29.5 Å². The molecule has 130 valence electrons. The van der Waals surface area contributed by atoms with Gasteiger partial charge in [0.2, 0.25) is 5.95 Å². The summed E-state index contributed by atoms with van der Waals surface area (Å²) in [6, 6.07) is 8.73. The first kappa shape index (κ1) is 15.2. The van der Waals surface area contributed by atoms with E-state index in [2.05, 4.69) is 25.6 Å². The van der Waals surface area contributed by atoms with Gasteiger partial charge < -0.3 is 9.13 Å². The van der Waals surface area contributed by atoms with Gasteiger partial charge in [-0.15, -0.1) is 0 Å². The monoisotopic (exact) mass is 348 g/mol.